The molecule has 10 heteroatoms. The Labute approximate surface area is 198 Å². The number of halogens is 3. The van der Waals surface area contributed by atoms with Crippen LogP contribution in [-0.2, 0) is 11.2 Å². The van der Waals surface area contributed by atoms with Crippen LogP contribution in [0.3, 0.4) is 0 Å². The molecular weight excluding hydrogens is 461 g/mol. The van der Waals surface area contributed by atoms with Crippen LogP contribution in [0.4, 0.5) is 13.2 Å². The van der Waals surface area contributed by atoms with E-state index in [2.05, 4.69) is 33.5 Å². The third-order valence-corrected chi connectivity index (χ3v) is 5.73. The molecule has 1 aliphatic rings. The normalized spacial score (nSPS) is 15.0. The number of H-pyrrole nitrogens is 2. The van der Waals surface area contributed by atoms with Crippen molar-refractivity contribution in [3.05, 3.63) is 90.1 Å². The van der Waals surface area contributed by atoms with Crippen LogP contribution in [0.1, 0.15) is 40.6 Å². The number of aromatic amines is 2. The number of rotatable bonds is 3. The predicted molar refractivity (Wildman–Crippen MR) is 117 cm³/mol. The van der Waals surface area contributed by atoms with Crippen molar-refractivity contribution in [3.63, 3.8) is 0 Å². The number of nitrogens with one attached hydrogen (secondary N) is 3. The fourth-order valence-electron chi connectivity index (χ4n) is 4.15. The highest BCUT2D eigenvalue weighted by molar-refractivity contribution is 5.91. The maximum Gasteiger partial charge on any atom is 0.430 e. The molecule has 0 aliphatic heterocycles. The fraction of sp³-hybridized carbons (Fsp3) is 0.200. The SMILES string of the molecule is O=C(NC1CCCc2ccccc21)c1[nH]c(-c2cc[nH+]cc2)c2cccc[n+]12.O=C([O-])C(F)(F)F. The smallest absolute Gasteiger partial charge is 0.430 e. The van der Waals surface area contributed by atoms with Crippen LogP contribution in [0, 0.1) is 0 Å². The summed E-state index contributed by atoms with van der Waals surface area (Å²) in [7, 11) is 0. The summed E-state index contributed by atoms with van der Waals surface area (Å²) in [6, 6.07) is 18.4. The number of carbonyl (C=O) groups excluding carboxylic acids is 2. The van der Waals surface area contributed by atoms with Gasteiger partial charge in [-0.3, -0.25) is 4.79 Å². The van der Waals surface area contributed by atoms with Gasteiger partial charge in [0.15, 0.2) is 23.6 Å². The minimum absolute atomic E-state index is 0.0508. The molecule has 1 amide bonds. The number of alkyl halides is 3. The van der Waals surface area contributed by atoms with Gasteiger partial charge in [0.25, 0.3) is 0 Å². The number of carboxylic acids is 1. The van der Waals surface area contributed by atoms with Crippen molar-refractivity contribution in [1.82, 2.24) is 10.3 Å². The maximum absolute atomic E-state index is 13.2. The van der Waals surface area contributed by atoms with E-state index in [1.807, 2.05) is 59.4 Å². The van der Waals surface area contributed by atoms with E-state index in [0.29, 0.717) is 5.82 Å². The highest BCUT2D eigenvalue weighted by atomic mass is 19.4. The number of aliphatic carboxylic acids is 1. The average molecular weight is 483 g/mol. The van der Waals surface area contributed by atoms with E-state index in [1.54, 1.807) is 0 Å². The number of hydrogen-bond acceptors (Lipinski definition) is 3. The minimum atomic E-state index is -5.19. The summed E-state index contributed by atoms with van der Waals surface area (Å²) in [5.41, 5.74) is 5.52. The first-order valence-corrected chi connectivity index (χ1v) is 10.9. The number of fused-ring (bicyclic) bond motifs is 2. The molecule has 3 aromatic heterocycles. The van der Waals surface area contributed by atoms with Gasteiger partial charge in [-0.2, -0.15) is 17.6 Å². The zero-order valence-corrected chi connectivity index (χ0v) is 18.4. The van der Waals surface area contributed by atoms with Crippen LogP contribution in [0.25, 0.3) is 16.8 Å². The lowest BCUT2D eigenvalue weighted by Crippen LogP contribution is -2.37. The molecule has 180 valence electrons. The van der Waals surface area contributed by atoms with Gasteiger partial charge in [0.2, 0.25) is 0 Å². The molecule has 0 radical (unpaired) electrons. The van der Waals surface area contributed by atoms with Crippen molar-refractivity contribution < 1.29 is 37.3 Å². The van der Waals surface area contributed by atoms with E-state index in [-0.39, 0.29) is 11.9 Å². The molecule has 0 saturated carbocycles. The molecule has 1 atom stereocenters. The van der Waals surface area contributed by atoms with Gasteiger partial charge in [-0.15, -0.1) is 0 Å². The van der Waals surface area contributed by atoms with Crippen LogP contribution in [0.5, 0.6) is 0 Å². The summed E-state index contributed by atoms with van der Waals surface area (Å²) in [4.78, 5) is 28.4. The zero-order chi connectivity index (χ0) is 25.0. The highest BCUT2D eigenvalue weighted by Gasteiger charge is 2.30. The zero-order valence-electron chi connectivity index (χ0n) is 18.4. The molecule has 4 aromatic rings. The Kier molecular flexibility index (Phi) is 6.81. The van der Waals surface area contributed by atoms with Crippen molar-refractivity contribution in [2.75, 3.05) is 0 Å². The van der Waals surface area contributed by atoms with E-state index in [0.717, 1.165) is 36.0 Å². The number of aryl methyl sites for hydroxylation is 1. The number of pyridine rings is 2. The van der Waals surface area contributed by atoms with Gasteiger partial charge in [0, 0.05) is 17.7 Å². The molecule has 1 unspecified atom stereocenters. The lowest BCUT2D eigenvalue weighted by molar-refractivity contribution is -0.514. The molecule has 3 N–H and O–H groups in total. The number of carbonyl (C=O) groups is 2. The van der Waals surface area contributed by atoms with Crippen molar-refractivity contribution in [2.24, 2.45) is 0 Å². The number of amides is 1. The second-order valence-corrected chi connectivity index (χ2v) is 8.00. The molecular formula is C25H22F3N4O3+. The fourth-order valence-corrected chi connectivity index (χ4v) is 4.15. The molecule has 1 aliphatic carbocycles. The van der Waals surface area contributed by atoms with Gasteiger partial charge in [-0.05, 0) is 42.5 Å². The molecule has 0 spiro atoms. The van der Waals surface area contributed by atoms with Gasteiger partial charge in [0.05, 0.1) is 12.2 Å². The lowest BCUT2D eigenvalue weighted by Gasteiger charge is -2.25. The third kappa shape index (κ3) is 5.32. The maximum atomic E-state index is 13.2. The Hall–Kier alpha value is -4.21. The quantitative estimate of drug-likeness (QED) is 0.437. The van der Waals surface area contributed by atoms with E-state index < -0.39 is 12.1 Å². The summed E-state index contributed by atoms with van der Waals surface area (Å²) in [6.07, 6.45) is 3.63. The minimum Gasteiger partial charge on any atom is -0.542 e. The number of nitrogens with zero attached hydrogens (tertiary/aromatic N) is 1. The third-order valence-electron chi connectivity index (χ3n) is 5.73. The van der Waals surface area contributed by atoms with Crippen LogP contribution in [-0.4, -0.2) is 23.0 Å². The van der Waals surface area contributed by atoms with E-state index in [9.17, 15) is 18.0 Å². The summed E-state index contributed by atoms with van der Waals surface area (Å²) in [6.45, 7) is 0. The molecule has 0 saturated heterocycles. The van der Waals surface area contributed by atoms with Gasteiger partial charge in [0.1, 0.15) is 5.97 Å². The number of carboxylic acid groups (broad SMARTS) is 1. The van der Waals surface area contributed by atoms with Gasteiger partial charge < -0.3 is 15.2 Å². The summed E-state index contributed by atoms with van der Waals surface area (Å²) >= 11 is 0. The average Bonchev–Trinajstić information content (AvgIpc) is 3.25. The number of hydrogen-bond donors (Lipinski definition) is 2. The molecule has 7 nitrogen and oxygen atoms in total. The summed E-state index contributed by atoms with van der Waals surface area (Å²) in [5.74, 6) is -2.55. The predicted octanol–water partition coefficient (Wildman–Crippen LogP) is 2.34. The van der Waals surface area contributed by atoms with Crippen LogP contribution in [0.15, 0.2) is 73.2 Å². The van der Waals surface area contributed by atoms with Crippen molar-refractivity contribution >= 4 is 17.4 Å². The van der Waals surface area contributed by atoms with Gasteiger partial charge >= 0.3 is 17.9 Å². The first-order chi connectivity index (χ1) is 16.8. The summed E-state index contributed by atoms with van der Waals surface area (Å²) in [5, 5.41) is 12.0. The Balaban J connectivity index is 0.000000364. The molecule has 5 rings (SSSR count). The second kappa shape index (κ2) is 9.96. The first kappa shape index (κ1) is 23.9. The monoisotopic (exact) mass is 483 g/mol. The van der Waals surface area contributed by atoms with Gasteiger partial charge in [-0.1, -0.05) is 30.3 Å². The Morgan fingerprint density at radius 2 is 1.74 bits per heavy atom. The van der Waals surface area contributed by atoms with E-state index in [1.165, 1.54) is 11.1 Å². The Morgan fingerprint density at radius 3 is 2.46 bits per heavy atom. The molecule has 0 bridgehead atoms. The number of benzene rings is 1. The highest BCUT2D eigenvalue weighted by Crippen LogP contribution is 2.29. The standard InChI is InChI=1S/C23H20N4O.C2HF3O2/c28-23(25-19-9-5-7-16-6-1-2-8-18(16)19)22-26-21(17-11-13-24-14-12-17)20-10-3-4-15-27(20)22;3-2(4,5)1(6)7/h1-4,6,8,10-15,19H,5,7,9H2,(H,25,28);(H,6,7)/p+1. The molecule has 0 fully saturated rings. The van der Waals surface area contributed by atoms with E-state index in [4.69, 9.17) is 9.90 Å². The number of imidazole rings is 1. The van der Waals surface area contributed by atoms with Crippen molar-refractivity contribution in [3.8, 4) is 11.3 Å². The second-order valence-electron chi connectivity index (χ2n) is 8.00. The summed E-state index contributed by atoms with van der Waals surface area (Å²) < 4.78 is 33.5. The van der Waals surface area contributed by atoms with E-state index >= 15 is 0 Å². The number of aromatic nitrogens is 3. The van der Waals surface area contributed by atoms with Crippen LogP contribution >= 0.6 is 0 Å². The van der Waals surface area contributed by atoms with Gasteiger partial charge in [-0.25, -0.2) is 9.97 Å². The topological polar surface area (TPSA) is 103 Å². The lowest BCUT2D eigenvalue weighted by atomic mass is 9.88. The van der Waals surface area contributed by atoms with Crippen LogP contribution in [0.2, 0.25) is 0 Å². The van der Waals surface area contributed by atoms with Crippen LogP contribution < -0.4 is 19.8 Å². The largest absolute Gasteiger partial charge is 0.542 e. The molecule has 1 aromatic carbocycles. The molecule has 35 heavy (non-hydrogen) atoms. The van der Waals surface area contributed by atoms with Crippen molar-refractivity contribution in [2.45, 2.75) is 31.5 Å². The Bertz CT molecular complexity index is 1350. The van der Waals surface area contributed by atoms with Crippen molar-refractivity contribution in [1.29, 1.82) is 0 Å². The Morgan fingerprint density at radius 1 is 1.06 bits per heavy atom. The molecule has 3 heterocycles. The first-order valence-electron chi connectivity index (χ1n) is 10.9.